The van der Waals surface area contributed by atoms with Crippen LogP contribution in [0.4, 0.5) is 4.79 Å². The van der Waals surface area contributed by atoms with Crippen LogP contribution < -0.4 is 4.84 Å². The summed E-state index contributed by atoms with van der Waals surface area (Å²) in [6.07, 6.45) is -0.243. The largest absolute Gasteiger partial charge is 0.463 e. The number of rotatable bonds is 5. The fourth-order valence-corrected chi connectivity index (χ4v) is 2.60. The topological polar surface area (TPSA) is 78.5 Å². The van der Waals surface area contributed by atoms with Gasteiger partial charge in [0, 0.05) is 0 Å². The lowest BCUT2D eigenvalue weighted by Gasteiger charge is -2.18. The van der Waals surface area contributed by atoms with Gasteiger partial charge in [0.15, 0.2) is 5.75 Å². The first-order valence-corrected chi connectivity index (χ1v) is 7.89. The zero-order chi connectivity index (χ0) is 17.1. The molecule has 6 nitrogen and oxygen atoms in total. The van der Waals surface area contributed by atoms with Crippen molar-refractivity contribution in [3.8, 4) is 17.1 Å². The Morgan fingerprint density at radius 3 is 2.71 bits per heavy atom. The molecule has 124 valence electrons. The number of fused-ring (bicyclic) bond motifs is 1. The first-order valence-electron chi connectivity index (χ1n) is 7.89. The molecule has 0 aliphatic carbocycles. The Kier molecular flexibility index (Phi) is 4.37. The number of aryl methyl sites for hydroxylation is 1. The van der Waals surface area contributed by atoms with Gasteiger partial charge in [-0.2, -0.15) is 0 Å². The molecular weight excluding hydrogens is 306 g/mol. The summed E-state index contributed by atoms with van der Waals surface area (Å²) < 4.78 is 0. The molecule has 1 amide bonds. The van der Waals surface area contributed by atoms with E-state index in [9.17, 15) is 4.79 Å². The summed E-state index contributed by atoms with van der Waals surface area (Å²) in [5, 5.41) is 10.0. The van der Waals surface area contributed by atoms with E-state index in [4.69, 9.17) is 14.9 Å². The van der Waals surface area contributed by atoms with Gasteiger partial charge < -0.3 is 14.9 Å². The monoisotopic (exact) mass is 325 g/mol. The Labute approximate surface area is 139 Å². The van der Waals surface area contributed by atoms with Crippen molar-refractivity contribution in [3.05, 3.63) is 48.0 Å². The van der Waals surface area contributed by atoms with Crippen molar-refractivity contribution in [1.29, 1.82) is 0 Å². The summed E-state index contributed by atoms with van der Waals surface area (Å²) in [4.78, 5) is 24.7. The van der Waals surface area contributed by atoms with E-state index in [0.717, 1.165) is 33.6 Å². The minimum Gasteiger partial charge on any atom is -0.463 e. The molecule has 3 rings (SSSR count). The highest BCUT2D eigenvalue weighted by atomic mass is 16.7. The summed E-state index contributed by atoms with van der Waals surface area (Å²) >= 11 is 0. The maximum Gasteiger partial charge on any atom is 0.440 e. The van der Waals surface area contributed by atoms with Gasteiger partial charge in [0.2, 0.25) is 0 Å². The summed E-state index contributed by atoms with van der Waals surface area (Å²) in [5.74, 6) is 1.10. The van der Waals surface area contributed by atoms with Crippen molar-refractivity contribution >= 4 is 17.1 Å². The van der Waals surface area contributed by atoms with E-state index in [1.807, 2.05) is 24.3 Å². The molecule has 0 bridgehead atoms. The van der Waals surface area contributed by atoms with Crippen molar-refractivity contribution in [2.24, 2.45) is 0 Å². The maximum atomic E-state index is 11.2. The number of hydroxylamine groups is 2. The molecule has 3 aromatic rings. The highest BCUT2D eigenvalue weighted by Gasteiger charge is 2.17. The summed E-state index contributed by atoms with van der Waals surface area (Å²) in [6, 6.07) is 13.3. The average Bonchev–Trinajstić information content (AvgIpc) is 3.03. The fraction of sp³-hybridized carbons (Fsp3) is 0.222. The summed E-state index contributed by atoms with van der Waals surface area (Å²) in [5.41, 5.74) is 3.75. The van der Waals surface area contributed by atoms with Crippen LogP contribution in [0.5, 0.6) is 5.75 Å². The van der Waals surface area contributed by atoms with Gasteiger partial charge in [-0.05, 0) is 37.1 Å². The lowest BCUT2D eigenvalue weighted by Crippen LogP contribution is -2.32. The molecule has 0 atom stereocenters. The van der Waals surface area contributed by atoms with Gasteiger partial charge in [-0.25, -0.2) is 9.78 Å². The lowest BCUT2D eigenvalue weighted by molar-refractivity contribution is -0.0310. The summed E-state index contributed by atoms with van der Waals surface area (Å²) in [6.45, 7) is 4.03. The van der Waals surface area contributed by atoms with Gasteiger partial charge in [0.05, 0.1) is 23.1 Å². The number of nitrogens with one attached hydrogen (secondary N) is 1. The number of amides is 1. The highest BCUT2D eigenvalue weighted by Crippen LogP contribution is 2.30. The predicted octanol–water partition coefficient (Wildman–Crippen LogP) is 4.09. The van der Waals surface area contributed by atoms with Gasteiger partial charge in [-0.15, -0.1) is 5.06 Å². The van der Waals surface area contributed by atoms with Crippen LogP contribution in [-0.4, -0.2) is 32.8 Å². The number of carboxylic acid groups (broad SMARTS) is 1. The van der Waals surface area contributed by atoms with Crippen LogP contribution in [0, 0.1) is 0 Å². The first-order chi connectivity index (χ1) is 11.6. The second kappa shape index (κ2) is 6.62. The lowest BCUT2D eigenvalue weighted by atomic mass is 10.1. The normalized spacial score (nSPS) is 10.8. The molecule has 0 radical (unpaired) electrons. The molecule has 1 heterocycles. The zero-order valence-electron chi connectivity index (χ0n) is 13.6. The van der Waals surface area contributed by atoms with Crippen molar-refractivity contribution in [1.82, 2.24) is 15.0 Å². The van der Waals surface area contributed by atoms with Crippen molar-refractivity contribution in [2.75, 3.05) is 6.54 Å². The smallest absolute Gasteiger partial charge is 0.440 e. The molecule has 2 aromatic carbocycles. The highest BCUT2D eigenvalue weighted by molar-refractivity contribution is 5.83. The predicted molar refractivity (Wildman–Crippen MR) is 91.9 cm³/mol. The van der Waals surface area contributed by atoms with E-state index in [0.29, 0.717) is 11.6 Å². The first kappa shape index (κ1) is 15.9. The average molecular weight is 325 g/mol. The van der Waals surface area contributed by atoms with Crippen LogP contribution >= 0.6 is 0 Å². The van der Waals surface area contributed by atoms with Gasteiger partial charge in [0.25, 0.3) is 0 Å². The molecule has 0 aliphatic rings. The third-order valence-corrected chi connectivity index (χ3v) is 3.83. The zero-order valence-corrected chi connectivity index (χ0v) is 13.6. The van der Waals surface area contributed by atoms with Crippen molar-refractivity contribution in [2.45, 2.75) is 20.3 Å². The standard InChI is InChI=1S/C18H19N3O3/c1-3-12-8-7-10-14-16(12)20-17(19-14)13-9-5-6-11-15(13)24-21(4-2)18(22)23/h5-11H,3-4H2,1-2H3,(H,19,20)(H,22,23). The van der Waals surface area contributed by atoms with E-state index < -0.39 is 6.09 Å². The van der Waals surface area contributed by atoms with Crippen LogP contribution in [0.1, 0.15) is 19.4 Å². The number of hydrogen-bond donors (Lipinski definition) is 2. The van der Waals surface area contributed by atoms with Crippen LogP contribution in [0.3, 0.4) is 0 Å². The molecule has 0 spiro atoms. The molecule has 2 N–H and O–H groups in total. The third-order valence-electron chi connectivity index (χ3n) is 3.83. The molecule has 24 heavy (non-hydrogen) atoms. The Hall–Kier alpha value is -3.02. The van der Waals surface area contributed by atoms with Gasteiger partial charge in [-0.1, -0.05) is 31.2 Å². The number of H-pyrrole nitrogens is 1. The molecule has 1 aromatic heterocycles. The Morgan fingerprint density at radius 2 is 2.00 bits per heavy atom. The Morgan fingerprint density at radius 1 is 1.21 bits per heavy atom. The molecule has 0 fully saturated rings. The van der Waals surface area contributed by atoms with Crippen LogP contribution in [0.2, 0.25) is 0 Å². The second-order valence-electron chi connectivity index (χ2n) is 5.32. The SMILES string of the molecule is CCc1cccc2[nH]c(-c3ccccc3ON(CC)C(=O)O)nc12. The van der Waals surface area contributed by atoms with Gasteiger partial charge in [-0.3, -0.25) is 0 Å². The molecule has 6 heteroatoms. The number of para-hydroxylation sites is 2. The number of nitrogens with zero attached hydrogens (tertiary/aromatic N) is 2. The minimum absolute atomic E-state index is 0.226. The second-order valence-corrected chi connectivity index (χ2v) is 5.32. The number of imidazole rings is 1. The van der Waals surface area contributed by atoms with Crippen molar-refractivity contribution < 1.29 is 14.7 Å². The number of hydrogen-bond acceptors (Lipinski definition) is 3. The van der Waals surface area contributed by atoms with Crippen LogP contribution in [-0.2, 0) is 6.42 Å². The van der Waals surface area contributed by atoms with Crippen molar-refractivity contribution in [3.63, 3.8) is 0 Å². The van der Waals surface area contributed by atoms with Crippen LogP contribution in [0.15, 0.2) is 42.5 Å². The maximum absolute atomic E-state index is 11.2. The van der Waals surface area contributed by atoms with E-state index in [-0.39, 0.29) is 6.54 Å². The Balaban J connectivity index is 2.05. The fourth-order valence-electron chi connectivity index (χ4n) is 2.60. The molecule has 0 saturated carbocycles. The number of aromatic amines is 1. The minimum atomic E-state index is -1.13. The molecular formula is C18H19N3O3. The number of aromatic nitrogens is 2. The summed E-state index contributed by atoms with van der Waals surface area (Å²) in [7, 11) is 0. The van der Waals surface area contributed by atoms with E-state index in [2.05, 4.69) is 18.0 Å². The number of benzene rings is 2. The van der Waals surface area contributed by atoms with Gasteiger partial charge >= 0.3 is 6.09 Å². The van der Waals surface area contributed by atoms with Crippen LogP contribution in [0.25, 0.3) is 22.4 Å². The molecule has 0 saturated heterocycles. The van der Waals surface area contributed by atoms with Gasteiger partial charge in [0.1, 0.15) is 5.82 Å². The third kappa shape index (κ3) is 2.90. The molecule has 0 aliphatic heterocycles. The number of carbonyl (C=O) groups is 1. The van der Waals surface area contributed by atoms with E-state index in [1.54, 1.807) is 19.1 Å². The quantitative estimate of drug-likeness (QED) is 0.693. The molecule has 0 unspecified atom stereocenters. The van der Waals surface area contributed by atoms with E-state index in [1.165, 1.54) is 0 Å². The Bertz CT molecular complexity index is 873. The van der Waals surface area contributed by atoms with E-state index >= 15 is 0 Å².